The molecule has 0 spiro atoms. The van der Waals surface area contributed by atoms with Gasteiger partial charge in [0.2, 0.25) is 0 Å². The molecule has 19 heavy (non-hydrogen) atoms. The lowest BCUT2D eigenvalue weighted by molar-refractivity contribution is 0.108. The Labute approximate surface area is 119 Å². The summed E-state index contributed by atoms with van der Waals surface area (Å²) in [6.07, 6.45) is 1.14. The third-order valence-electron chi connectivity index (χ3n) is 4.09. The zero-order valence-corrected chi connectivity index (χ0v) is 12.4. The standard InChI is InChI=1S/C15H22ClFN2/c1-3-11(2)15-9-18-6-7-19(15)10-12-4-5-13(16)8-14(12)17/h4-5,8,11,15,18H,3,6-7,9-10H2,1-2H3. The maximum atomic E-state index is 13.9. The predicted octanol–water partition coefficient (Wildman–Crippen LogP) is 3.30. The van der Waals surface area contributed by atoms with Gasteiger partial charge in [0.25, 0.3) is 0 Å². The zero-order chi connectivity index (χ0) is 13.8. The van der Waals surface area contributed by atoms with Crippen molar-refractivity contribution in [1.29, 1.82) is 0 Å². The Balaban J connectivity index is 2.10. The molecule has 0 radical (unpaired) electrons. The van der Waals surface area contributed by atoms with Crippen molar-refractivity contribution in [3.05, 3.63) is 34.6 Å². The molecule has 2 rings (SSSR count). The van der Waals surface area contributed by atoms with E-state index in [1.54, 1.807) is 12.1 Å². The Bertz CT molecular complexity index is 425. The first-order chi connectivity index (χ1) is 9.11. The third-order valence-corrected chi connectivity index (χ3v) is 4.32. The van der Waals surface area contributed by atoms with Gasteiger partial charge in [0.15, 0.2) is 0 Å². The molecule has 0 aliphatic carbocycles. The predicted molar refractivity (Wildman–Crippen MR) is 77.9 cm³/mol. The third kappa shape index (κ3) is 3.68. The molecule has 1 N–H and O–H groups in total. The van der Waals surface area contributed by atoms with Crippen molar-refractivity contribution in [2.45, 2.75) is 32.9 Å². The largest absolute Gasteiger partial charge is 0.314 e. The van der Waals surface area contributed by atoms with Crippen LogP contribution in [-0.4, -0.2) is 30.6 Å². The van der Waals surface area contributed by atoms with Gasteiger partial charge < -0.3 is 5.32 Å². The van der Waals surface area contributed by atoms with E-state index in [4.69, 9.17) is 11.6 Å². The highest BCUT2D eigenvalue weighted by atomic mass is 35.5. The number of halogens is 2. The summed E-state index contributed by atoms with van der Waals surface area (Å²) in [5.74, 6) is 0.414. The van der Waals surface area contributed by atoms with E-state index >= 15 is 0 Å². The molecule has 1 saturated heterocycles. The number of nitrogens with zero attached hydrogens (tertiary/aromatic N) is 1. The molecule has 0 aromatic heterocycles. The quantitative estimate of drug-likeness (QED) is 0.913. The van der Waals surface area contributed by atoms with Crippen LogP contribution in [0.4, 0.5) is 4.39 Å². The zero-order valence-electron chi connectivity index (χ0n) is 11.6. The summed E-state index contributed by atoms with van der Waals surface area (Å²) in [7, 11) is 0. The molecule has 106 valence electrons. The van der Waals surface area contributed by atoms with Gasteiger partial charge in [-0.25, -0.2) is 4.39 Å². The Morgan fingerprint density at radius 3 is 3.00 bits per heavy atom. The van der Waals surface area contributed by atoms with Gasteiger partial charge in [-0.15, -0.1) is 0 Å². The molecule has 2 atom stereocenters. The molecule has 1 aliphatic rings. The molecule has 1 fully saturated rings. The summed E-state index contributed by atoms with van der Waals surface area (Å²) in [5, 5.41) is 3.89. The Kier molecular flexibility index (Phi) is 5.20. The monoisotopic (exact) mass is 284 g/mol. The maximum absolute atomic E-state index is 13.9. The summed E-state index contributed by atoms with van der Waals surface area (Å²) in [4.78, 5) is 2.39. The van der Waals surface area contributed by atoms with Crippen LogP contribution in [0.1, 0.15) is 25.8 Å². The molecule has 4 heteroatoms. The number of rotatable bonds is 4. The minimum Gasteiger partial charge on any atom is -0.314 e. The van der Waals surface area contributed by atoms with Crippen molar-refractivity contribution < 1.29 is 4.39 Å². The topological polar surface area (TPSA) is 15.3 Å². The number of hydrogen-bond acceptors (Lipinski definition) is 2. The van der Waals surface area contributed by atoms with Crippen LogP contribution in [0.5, 0.6) is 0 Å². The maximum Gasteiger partial charge on any atom is 0.129 e. The second kappa shape index (κ2) is 6.69. The molecule has 0 bridgehead atoms. The van der Waals surface area contributed by atoms with E-state index in [9.17, 15) is 4.39 Å². The second-order valence-corrected chi connectivity index (χ2v) is 5.80. The lowest BCUT2D eigenvalue weighted by Crippen LogP contribution is -2.53. The first-order valence-electron chi connectivity index (χ1n) is 7.00. The lowest BCUT2D eigenvalue weighted by Gasteiger charge is -2.39. The van der Waals surface area contributed by atoms with Crippen molar-refractivity contribution in [3.63, 3.8) is 0 Å². The smallest absolute Gasteiger partial charge is 0.129 e. The summed E-state index contributed by atoms with van der Waals surface area (Å²) < 4.78 is 13.9. The van der Waals surface area contributed by atoms with E-state index < -0.39 is 0 Å². The summed E-state index contributed by atoms with van der Waals surface area (Å²) in [6, 6.07) is 5.44. The Morgan fingerprint density at radius 1 is 1.53 bits per heavy atom. The van der Waals surface area contributed by atoms with Crippen molar-refractivity contribution in [3.8, 4) is 0 Å². The van der Waals surface area contributed by atoms with Gasteiger partial charge in [0, 0.05) is 42.8 Å². The summed E-state index contributed by atoms with van der Waals surface area (Å²) in [6.45, 7) is 8.08. The van der Waals surface area contributed by atoms with Gasteiger partial charge >= 0.3 is 0 Å². The average Bonchev–Trinajstić information content (AvgIpc) is 2.41. The molecule has 1 aromatic rings. The number of hydrogen-bond donors (Lipinski definition) is 1. The van der Waals surface area contributed by atoms with Gasteiger partial charge in [-0.05, 0) is 18.1 Å². The van der Waals surface area contributed by atoms with Crippen molar-refractivity contribution in [2.24, 2.45) is 5.92 Å². The lowest BCUT2D eigenvalue weighted by atomic mass is 9.95. The summed E-state index contributed by atoms with van der Waals surface area (Å²) >= 11 is 5.80. The number of benzene rings is 1. The normalized spacial score (nSPS) is 22.4. The fourth-order valence-corrected chi connectivity index (χ4v) is 2.82. The first kappa shape index (κ1) is 14.8. The Hall–Kier alpha value is -0.640. The SMILES string of the molecule is CCC(C)C1CNCCN1Cc1ccc(Cl)cc1F. The van der Waals surface area contributed by atoms with E-state index in [0.29, 0.717) is 23.5 Å². The summed E-state index contributed by atoms with van der Waals surface area (Å²) in [5.41, 5.74) is 0.736. The van der Waals surface area contributed by atoms with Crippen LogP contribution in [0, 0.1) is 11.7 Å². The van der Waals surface area contributed by atoms with Crippen LogP contribution in [0.25, 0.3) is 0 Å². The van der Waals surface area contributed by atoms with Crippen molar-refractivity contribution in [1.82, 2.24) is 10.2 Å². The highest BCUT2D eigenvalue weighted by Gasteiger charge is 2.26. The highest BCUT2D eigenvalue weighted by molar-refractivity contribution is 6.30. The fraction of sp³-hybridized carbons (Fsp3) is 0.600. The number of piperazine rings is 1. The molecule has 1 heterocycles. The fourth-order valence-electron chi connectivity index (χ4n) is 2.67. The van der Waals surface area contributed by atoms with Gasteiger partial charge in [0.1, 0.15) is 5.82 Å². The molecule has 2 nitrogen and oxygen atoms in total. The minimum absolute atomic E-state index is 0.200. The molecular formula is C15H22ClFN2. The van der Waals surface area contributed by atoms with Crippen LogP contribution >= 0.6 is 11.6 Å². The van der Waals surface area contributed by atoms with Crippen LogP contribution in [0.2, 0.25) is 5.02 Å². The van der Waals surface area contributed by atoms with E-state index in [2.05, 4.69) is 24.1 Å². The van der Waals surface area contributed by atoms with Gasteiger partial charge in [-0.1, -0.05) is 37.9 Å². The average molecular weight is 285 g/mol. The minimum atomic E-state index is -0.200. The van der Waals surface area contributed by atoms with Gasteiger partial charge in [0.05, 0.1) is 0 Å². The van der Waals surface area contributed by atoms with Crippen LogP contribution < -0.4 is 5.32 Å². The van der Waals surface area contributed by atoms with Crippen LogP contribution in [-0.2, 0) is 6.54 Å². The van der Waals surface area contributed by atoms with Crippen LogP contribution in [0.3, 0.4) is 0 Å². The number of nitrogens with one attached hydrogen (secondary N) is 1. The van der Waals surface area contributed by atoms with Crippen LogP contribution in [0.15, 0.2) is 18.2 Å². The highest BCUT2D eigenvalue weighted by Crippen LogP contribution is 2.21. The van der Waals surface area contributed by atoms with E-state index in [1.165, 1.54) is 6.07 Å². The van der Waals surface area contributed by atoms with E-state index in [0.717, 1.165) is 31.6 Å². The molecule has 1 aliphatic heterocycles. The molecule has 0 saturated carbocycles. The van der Waals surface area contributed by atoms with Gasteiger partial charge in [-0.3, -0.25) is 4.90 Å². The molecule has 2 unspecified atom stereocenters. The molecular weight excluding hydrogens is 263 g/mol. The van der Waals surface area contributed by atoms with Crippen molar-refractivity contribution in [2.75, 3.05) is 19.6 Å². The van der Waals surface area contributed by atoms with E-state index in [-0.39, 0.29) is 5.82 Å². The van der Waals surface area contributed by atoms with Gasteiger partial charge in [-0.2, -0.15) is 0 Å². The molecule has 0 amide bonds. The van der Waals surface area contributed by atoms with E-state index in [1.807, 2.05) is 0 Å². The molecule has 1 aromatic carbocycles. The van der Waals surface area contributed by atoms with Crippen molar-refractivity contribution >= 4 is 11.6 Å². The first-order valence-corrected chi connectivity index (χ1v) is 7.38. The Morgan fingerprint density at radius 2 is 2.32 bits per heavy atom. The second-order valence-electron chi connectivity index (χ2n) is 5.36.